The predicted molar refractivity (Wildman–Crippen MR) is 209 cm³/mol. The molecule has 240 valence electrons. The van der Waals surface area contributed by atoms with Crippen molar-refractivity contribution in [3.63, 3.8) is 0 Å². The van der Waals surface area contributed by atoms with Crippen molar-refractivity contribution in [3.05, 3.63) is 160 Å². The molecular weight excluding hydrogens is 607 g/mol. The van der Waals surface area contributed by atoms with E-state index in [-0.39, 0.29) is 0 Å². The first-order valence-corrected chi connectivity index (χ1v) is 17.5. The molecule has 1 atom stereocenters. The minimum absolute atomic E-state index is 0.339. The van der Waals surface area contributed by atoms with Crippen LogP contribution in [0.15, 0.2) is 121 Å². The van der Waals surface area contributed by atoms with Crippen LogP contribution in [-0.2, 0) is 6.42 Å². The Balaban J connectivity index is 1.20. The van der Waals surface area contributed by atoms with Gasteiger partial charge in [-0.25, -0.2) is 4.98 Å². The summed E-state index contributed by atoms with van der Waals surface area (Å²) in [6, 6.07) is 39.8. The van der Waals surface area contributed by atoms with Gasteiger partial charge in [0, 0.05) is 33.9 Å². The fourth-order valence-electron chi connectivity index (χ4n) is 7.91. The third kappa shape index (κ3) is 4.96. The molecule has 0 fully saturated rings. The van der Waals surface area contributed by atoms with Gasteiger partial charge in [-0.1, -0.05) is 103 Å². The van der Waals surface area contributed by atoms with Crippen LogP contribution in [0.4, 0.5) is 0 Å². The second kappa shape index (κ2) is 12.1. The zero-order valence-corrected chi connectivity index (χ0v) is 28.4. The summed E-state index contributed by atoms with van der Waals surface area (Å²) in [5.41, 5.74) is 15.2. The summed E-state index contributed by atoms with van der Waals surface area (Å²) in [5, 5.41) is 3.55. The van der Waals surface area contributed by atoms with Crippen LogP contribution >= 0.6 is 0 Å². The highest BCUT2D eigenvalue weighted by molar-refractivity contribution is 5.94. The Bertz CT molecular complexity index is 2680. The second-order valence-corrected chi connectivity index (χ2v) is 13.5. The maximum absolute atomic E-state index is 5.79. The molecule has 2 aliphatic carbocycles. The molecule has 3 aromatic heterocycles. The van der Waals surface area contributed by atoms with Crippen LogP contribution in [0.1, 0.15) is 53.8 Å². The molecule has 7 aromatic rings. The van der Waals surface area contributed by atoms with Gasteiger partial charge in [0.25, 0.3) is 0 Å². The number of hydrogen-bond donors (Lipinski definition) is 0. The number of terminal acetylenes is 1. The van der Waals surface area contributed by atoms with E-state index in [9.17, 15) is 0 Å². The van der Waals surface area contributed by atoms with Crippen LogP contribution < -0.4 is 10.7 Å². The summed E-state index contributed by atoms with van der Waals surface area (Å²) in [4.78, 5) is 5.17. The van der Waals surface area contributed by atoms with Crippen molar-refractivity contribution in [2.24, 2.45) is 0 Å². The maximum atomic E-state index is 5.79. The Morgan fingerprint density at radius 3 is 2.36 bits per heavy atom. The summed E-state index contributed by atoms with van der Waals surface area (Å²) in [6.45, 7) is 4.15. The summed E-state index contributed by atoms with van der Waals surface area (Å²) < 4.78 is 4.76. The van der Waals surface area contributed by atoms with Gasteiger partial charge in [-0.15, -0.1) is 6.42 Å². The topological polar surface area (TPSA) is 22.2 Å². The van der Waals surface area contributed by atoms with Crippen LogP contribution in [0.25, 0.3) is 68.8 Å². The second-order valence-electron chi connectivity index (χ2n) is 13.5. The average Bonchev–Trinajstić information content (AvgIpc) is 3.72. The van der Waals surface area contributed by atoms with Gasteiger partial charge < -0.3 is 4.57 Å². The fourth-order valence-corrected chi connectivity index (χ4v) is 7.91. The number of pyridine rings is 1. The van der Waals surface area contributed by atoms with Crippen LogP contribution in [0.2, 0.25) is 0 Å². The molecule has 3 heteroatoms. The molecule has 1 unspecified atom stereocenters. The van der Waals surface area contributed by atoms with Gasteiger partial charge in [0.05, 0.1) is 16.2 Å². The number of aromatic nitrogens is 3. The van der Waals surface area contributed by atoms with Crippen LogP contribution in [0, 0.1) is 19.3 Å². The number of benzene rings is 4. The van der Waals surface area contributed by atoms with Gasteiger partial charge in [-0.2, -0.15) is 0 Å². The summed E-state index contributed by atoms with van der Waals surface area (Å²) in [7, 11) is 0. The lowest BCUT2D eigenvalue weighted by molar-refractivity contribution is 0.825. The smallest absolute Gasteiger partial charge is 0.146 e. The SMILES string of the molecule is C#C/C(C)=C\c1cc(-c2ccc(-n3c4c(c5cc(-c6ccccc6)ccc53)CC(c3ccccc3)C=C4)cc2)c2nc3c(n2c1C)=CCCC=3. The normalized spacial score (nSPS) is 15.3. The van der Waals surface area contributed by atoms with E-state index in [2.05, 4.69) is 161 Å². The molecule has 3 nitrogen and oxygen atoms in total. The Labute approximate surface area is 292 Å². The highest BCUT2D eigenvalue weighted by atomic mass is 15.0. The molecule has 9 rings (SSSR count). The predicted octanol–water partition coefficient (Wildman–Crippen LogP) is 9.67. The minimum Gasteiger partial charge on any atom is -0.310 e. The molecule has 0 spiro atoms. The molecule has 0 saturated carbocycles. The molecular formula is C47H37N3. The molecule has 4 aromatic carbocycles. The Hall–Kier alpha value is -6.11. The van der Waals surface area contributed by atoms with Gasteiger partial charge in [0.15, 0.2) is 0 Å². The van der Waals surface area contributed by atoms with Gasteiger partial charge in [-0.3, -0.25) is 4.40 Å². The molecule has 0 aliphatic heterocycles. The first-order valence-electron chi connectivity index (χ1n) is 17.5. The summed E-state index contributed by atoms with van der Waals surface area (Å²) >= 11 is 0. The number of imidazole rings is 1. The van der Waals surface area contributed by atoms with Gasteiger partial charge in [-0.05, 0) is 115 Å². The lowest BCUT2D eigenvalue weighted by Crippen LogP contribution is -2.29. The van der Waals surface area contributed by atoms with E-state index in [4.69, 9.17) is 11.4 Å². The van der Waals surface area contributed by atoms with Crippen molar-refractivity contribution in [1.29, 1.82) is 0 Å². The van der Waals surface area contributed by atoms with E-state index >= 15 is 0 Å². The molecule has 0 radical (unpaired) electrons. The van der Waals surface area contributed by atoms with Crippen molar-refractivity contribution in [2.75, 3.05) is 0 Å². The van der Waals surface area contributed by atoms with Gasteiger partial charge in [0.1, 0.15) is 5.65 Å². The van der Waals surface area contributed by atoms with Crippen molar-refractivity contribution >= 4 is 40.9 Å². The van der Waals surface area contributed by atoms with E-state index < -0.39 is 0 Å². The molecule has 0 saturated heterocycles. The highest BCUT2D eigenvalue weighted by Gasteiger charge is 2.24. The lowest BCUT2D eigenvalue weighted by atomic mass is 9.86. The Morgan fingerprint density at radius 2 is 1.58 bits per heavy atom. The number of rotatable bonds is 5. The first kappa shape index (κ1) is 30.0. The quantitative estimate of drug-likeness (QED) is 0.171. The Morgan fingerprint density at radius 1 is 0.840 bits per heavy atom. The van der Waals surface area contributed by atoms with Gasteiger partial charge >= 0.3 is 0 Å². The molecule has 0 bridgehead atoms. The molecule has 2 aliphatic rings. The van der Waals surface area contributed by atoms with E-state index in [0.717, 1.165) is 63.9 Å². The number of aryl methyl sites for hydroxylation is 1. The largest absolute Gasteiger partial charge is 0.310 e. The van der Waals surface area contributed by atoms with Crippen LogP contribution in [-0.4, -0.2) is 14.0 Å². The minimum atomic E-state index is 0.339. The zero-order chi connectivity index (χ0) is 33.8. The van der Waals surface area contributed by atoms with Crippen molar-refractivity contribution < 1.29 is 0 Å². The summed E-state index contributed by atoms with van der Waals surface area (Å²) in [5.74, 6) is 3.14. The van der Waals surface area contributed by atoms with Crippen molar-refractivity contribution in [2.45, 2.75) is 39.0 Å². The standard InChI is InChI=1S/C47H37N3/c1-4-31(2)27-38-30-40(47-48-43-17-11-12-18-46(43)49(47)32(38)3)35-19-23-39(24-20-35)50-44-25-21-36(33-13-7-5-8-14-33)28-41(44)42-29-37(22-26-45(42)50)34-15-9-6-10-16-34/h1,5-10,13-28,30,37H,11-12,29H2,2-3H3/b31-27-. The van der Waals surface area contributed by atoms with Gasteiger partial charge in [0.2, 0.25) is 0 Å². The van der Waals surface area contributed by atoms with Crippen LogP contribution in [0.5, 0.6) is 0 Å². The molecule has 0 N–H and O–H groups in total. The monoisotopic (exact) mass is 643 g/mol. The number of fused-ring (bicyclic) bond motifs is 6. The zero-order valence-electron chi connectivity index (χ0n) is 28.4. The first-order chi connectivity index (χ1) is 24.6. The van der Waals surface area contributed by atoms with E-state index in [0.29, 0.717) is 5.92 Å². The summed E-state index contributed by atoms with van der Waals surface area (Å²) in [6.07, 6.45) is 20.2. The number of hydrogen-bond acceptors (Lipinski definition) is 1. The maximum Gasteiger partial charge on any atom is 0.146 e. The number of allylic oxidation sites excluding steroid dienone is 2. The highest BCUT2D eigenvalue weighted by Crippen LogP contribution is 2.40. The fraction of sp³-hybridized carbons (Fsp3) is 0.128. The lowest BCUT2D eigenvalue weighted by Gasteiger charge is -2.19. The molecule has 0 amide bonds. The van der Waals surface area contributed by atoms with Crippen molar-refractivity contribution in [3.8, 4) is 40.3 Å². The number of nitrogens with zero attached hydrogens (tertiary/aromatic N) is 3. The Kier molecular flexibility index (Phi) is 7.25. The average molecular weight is 644 g/mol. The third-order valence-electron chi connectivity index (χ3n) is 10.5. The molecule has 50 heavy (non-hydrogen) atoms. The van der Waals surface area contributed by atoms with E-state index in [1.165, 1.54) is 44.2 Å². The molecule has 3 heterocycles. The van der Waals surface area contributed by atoms with Crippen LogP contribution in [0.3, 0.4) is 0 Å². The van der Waals surface area contributed by atoms with E-state index in [1.807, 2.05) is 6.92 Å². The third-order valence-corrected chi connectivity index (χ3v) is 10.5. The van der Waals surface area contributed by atoms with E-state index in [1.54, 1.807) is 0 Å². The van der Waals surface area contributed by atoms with Crippen molar-refractivity contribution in [1.82, 2.24) is 14.0 Å².